The molecule has 3 nitrogen and oxygen atoms in total. The highest BCUT2D eigenvalue weighted by molar-refractivity contribution is 6.41. The highest BCUT2D eigenvalue weighted by atomic mass is 35.5. The number of hydrogen-bond acceptors (Lipinski definition) is 3. The van der Waals surface area contributed by atoms with Gasteiger partial charge in [0, 0.05) is 25.9 Å². The van der Waals surface area contributed by atoms with Gasteiger partial charge in [-0.2, -0.15) is 0 Å². The summed E-state index contributed by atoms with van der Waals surface area (Å²) in [5.41, 5.74) is 2.05. The second kappa shape index (κ2) is 4.98. The molecular formula is C12H12Cl2N2O. The molecule has 0 saturated carbocycles. The summed E-state index contributed by atoms with van der Waals surface area (Å²) >= 11 is 11.7. The summed E-state index contributed by atoms with van der Waals surface area (Å²) in [6, 6.07) is 3.75. The molecule has 0 fully saturated rings. The molecular weight excluding hydrogens is 259 g/mol. The number of furan rings is 1. The average molecular weight is 271 g/mol. The Hall–Kier alpha value is -1.19. The first-order valence-corrected chi connectivity index (χ1v) is 5.88. The second-order valence-corrected chi connectivity index (χ2v) is 4.60. The van der Waals surface area contributed by atoms with Crippen LogP contribution in [0.3, 0.4) is 0 Å². The van der Waals surface area contributed by atoms with Crippen LogP contribution in [0.15, 0.2) is 29.0 Å². The fourth-order valence-electron chi connectivity index (χ4n) is 1.68. The Kier molecular flexibility index (Phi) is 3.60. The molecule has 0 radical (unpaired) electrons. The quantitative estimate of drug-likeness (QED) is 0.792. The van der Waals surface area contributed by atoms with E-state index in [2.05, 4.69) is 9.88 Å². The Labute approximate surface area is 110 Å². The minimum absolute atomic E-state index is 0.331. The predicted molar refractivity (Wildman–Crippen MR) is 69.8 cm³/mol. The fraction of sp³-hybridized carbons (Fsp3) is 0.250. The van der Waals surface area contributed by atoms with Crippen molar-refractivity contribution in [1.82, 2.24) is 4.98 Å². The smallest absolute Gasteiger partial charge is 0.147 e. The average Bonchev–Trinajstić information content (AvgIpc) is 2.70. The molecule has 2 aromatic heterocycles. The maximum Gasteiger partial charge on any atom is 0.147 e. The Balaban J connectivity index is 2.16. The predicted octanol–water partition coefficient (Wildman–Crippen LogP) is 3.93. The lowest BCUT2D eigenvalue weighted by Crippen LogP contribution is -2.16. The van der Waals surface area contributed by atoms with Crippen LogP contribution in [0, 0.1) is 6.92 Å². The molecule has 0 unspecified atom stereocenters. The molecule has 0 saturated heterocycles. The molecule has 0 aliphatic rings. The number of anilines is 1. The summed E-state index contributed by atoms with van der Waals surface area (Å²) in [4.78, 5) is 6.09. The lowest BCUT2D eigenvalue weighted by molar-refractivity contribution is 0.533. The molecule has 5 heteroatoms. The maximum absolute atomic E-state index is 5.92. The lowest BCUT2D eigenvalue weighted by atomic mass is 10.2. The highest BCUT2D eigenvalue weighted by Crippen LogP contribution is 2.24. The topological polar surface area (TPSA) is 29.3 Å². The van der Waals surface area contributed by atoms with E-state index in [4.69, 9.17) is 27.6 Å². The molecule has 0 amide bonds. The SMILES string of the molecule is Cc1occc1N(C)Cc1cnc(Cl)c(Cl)c1. The lowest BCUT2D eigenvalue weighted by Gasteiger charge is -2.18. The number of aryl methyl sites for hydroxylation is 1. The van der Waals surface area contributed by atoms with Gasteiger partial charge in [-0.15, -0.1) is 0 Å². The van der Waals surface area contributed by atoms with Crippen molar-refractivity contribution in [3.8, 4) is 0 Å². The van der Waals surface area contributed by atoms with Crippen LogP contribution in [0.2, 0.25) is 10.2 Å². The van der Waals surface area contributed by atoms with E-state index < -0.39 is 0 Å². The van der Waals surface area contributed by atoms with E-state index in [9.17, 15) is 0 Å². The largest absolute Gasteiger partial charge is 0.467 e. The summed E-state index contributed by atoms with van der Waals surface area (Å²) in [6.07, 6.45) is 3.40. The van der Waals surface area contributed by atoms with Crippen molar-refractivity contribution in [2.45, 2.75) is 13.5 Å². The third-order valence-electron chi connectivity index (χ3n) is 2.52. The zero-order valence-corrected chi connectivity index (χ0v) is 11.1. The van der Waals surface area contributed by atoms with Crippen molar-refractivity contribution in [2.75, 3.05) is 11.9 Å². The van der Waals surface area contributed by atoms with Gasteiger partial charge < -0.3 is 9.32 Å². The number of aromatic nitrogens is 1. The molecule has 90 valence electrons. The summed E-state index contributed by atoms with van der Waals surface area (Å²) in [5.74, 6) is 0.889. The van der Waals surface area contributed by atoms with E-state index in [1.807, 2.05) is 26.1 Å². The summed E-state index contributed by atoms with van der Waals surface area (Å²) in [7, 11) is 1.99. The van der Waals surface area contributed by atoms with Crippen molar-refractivity contribution in [3.05, 3.63) is 46.1 Å². The van der Waals surface area contributed by atoms with Gasteiger partial charge in [-0.05, 0) is 18.6 Å². The van der Waals surface area contributed by atoms with Crippen LogP contribution < -0.4 is 4.90 Å². The van der Waals surface area contributed by atoms with Gasteiger partial charge >= 0.3 is 0 Å². The summed E-state index contributed by atoms with van der Waals surface area (Å²) in [5, 5.41) is 0.805. The molecule has 0 aliphatic carbocycles. The standard InChI is InChI=1S/C12H12Cl2N2O/c1-8-11(3-4-17-8)16(2)7-9-5-10(13)12(14)15-6-9/h3-6H,7H2,1-2H3. The van der Waals surface area contributed by atoms with E-state index >= 15 is 0 Å². The first kappa shape index (κ1) is 12.3. The van der Waals surface area contributed by atoms with Crippen LogP contribution >= 0.6 is 23.2 Å². The molecule has 2 rings (SSSR count). The Morgan fingerprint density at radius 2 is 2.18 bits per heavy atom. The van der Waals surface area contributed by atoms with Crippen LogP contribution in [0.5, 0.6) is 0 Å². The first-order chi connectivity index (χ1) is 8.08. The normalized spacial score (nSPS) is 10.6. The van der Waals surface area contributed by atoms with Crippen LogP contribution in [0.1, 0.15) is 11.3 Å². The van der Waals surface area contributed by atoms with Crippen molar-refractivity contribution in [2.24, 2.45) is 0 Å². The molecule has 17 heavy (non-hydrogen) atoms. The minimum Gasteiger partial charge on any atom is -0.467 e. The van der Waals surface area contributed by atoms with Crippen LogP contribution in [-0.2, 0) is 6.54 Å². The monoisotopic (exact) mass is 270 g/mol. The molecule has 2 aromatic rings. The van der Waals surface area contributed by atoms with Gasteiger partial charge in [-0.1, -0.05) is 23.2 Å². The van der Waals surface area contributed by atoms with Crippen LogP contribution in [0.4, 0.5) is 5.69 Å². The molecule has 0 bridgehead atoms. The van der Waals surface area contributed by atoms with Crippen molar-refractivity contribution in [1.29, 1.82) is 0 Å². The fourth-order valence-corrected chi connectivity index (χ4v) is 1.97. The third kappa shape index (κ3) is 2.73. The van der Waals surface area contributed by atoms with Gasteiger partial charge in [0.15, 0.2) is 0 Å². The van der Waals surface area contributed by atoms with Crippen molar-refractivity contribution < 1.29 is 4.42 Å². The third-order valence-corrected chi connectivity index (χ3v) is 3.20. The summed E-state index contributed by atoms with van der Waals surface area (Å²) < 4.78 is 5.26. The van der Waals surface area contributed by atoms with E-state index in [-0.39, 0.29) is 0 Å². The van der Waals surface area contributed by atoms with Gasteiger partial charge in [-0.25, -0.2) is 4.98 Å². The zero-order chi connectivity index (χ0) is 12.4. The van der Waals surface area contributed by atoms with Gasteiger partial charge in [0.25, 0.3) is 0 Å². The zero-order valence-electron chi connectivity index (χ0n) is 9.58. The Morgan fingerprint density at radius 3 is 2.76 bits per heavy atom. The molecule has 0 N–H and O–H groups in total. The second-order valence-electron chi connectivity index (χ2n) is 3.83. The number of nitrogens with zero attached hydrogens (tertiary/aromatic N) is 2. The maximum atomic E-state index is 5.92. The molecule has 0 aliphatic heterocycles. The molecule has 2 heterocycles. The van der Waals surface area contributed by atoms with Gasteiger partial charge in [0.2, 0.25) is 0 Å². The van der Waals surface area contributed by atoms with E-state index in [0.29, 0.717) is 16.7 Å². The molecule has 0 aromatic carbocycles. The van der Waals surface area contributed by atoms with Crippen molar-refractivity contribution >= 4 is 28.9 Å². The van der Waals surface area contributed by atoms with Crippen LogP contribution in [-0.4, -0.2) is 12.0 Å². The number of halogens is 2. The first-order valence-electron chi connectivity index (χ1n) is 5.13. The number of pyridine rings is 1. The van der Waals surface area contributed by atoms with Crippen molar-refractivity contribution in [3.63, 3.8) is 0 Å². The van der Waals surface area contributed by atoms with E-state index in [1.165, 1.54) is 0 Å². The molecule has 0 atom stereocenters. The van der Waals surface area contributed by atoms with Crippen LogP contribution in [0.25, 0.3) is 0 Å². The molecule has 0 spiro atoms. The minimum atomic E-state index is 0.331. The van der Waals surface area contributed by atoms with Gasteiger partial charge in [-0.3, -0.25) is 0 Å². The highest BCUT2D eigenvalue weighted by Gasteiger charge is 2.09. The number of rotatable bonds is 3. The Morgan fingerprint density at radius 1 is 1.41 bits per heavy atom. The summed E-state index contributed by atoms with van der Waals surface area (Å²) in [6.45, 7) is 2.63. The van der Waals surface area contributed by atoms with Gasteiger partial charge in [0.05, 0.1) is 17.0 Å². The van der Waals surface area contributed by atoms with E-state index in [1.54, 1.807) is 12.5 Å². The Bertz CT molecular complexity index is 525. The number of hydrogen-bond donors (Lipinski definition) is 0. The van der Waals surface area contributed by atoms with E-state index in [0.717, 1.165) is 17.0 Å². The van der Waals surface area contributed by atoms with Gasteiger partial charge in [0.1, 0.15) is 10.9 Å².